The van der Waals surface area contributed by atoms with Crippen LogP contribution in [-0.4, -0.2) is 26.3 Å². The summed E-state index contributed by atoms with van der Waals surface area (Å²) in [6.45, 7) is 2.01. The Labute approximate surface area is 118 Å². The molecule has 1 aromatic rings. The number of unbranched alkanes of at least 4 members (excludes halogenated alkanes) is 1. The van der Waals surface area contributed by atoms with Crippen LogP contribution in [0, 0.1) is 0 Å². The van der Waals surface area contributed by atoms with Crippen molar-refractivity contribution >= 4 is 15.9 Å². The normalized spacial score (nSPS) is 22.8. The van der Waals surface area contributed by atoms with Crippen molar-refractivity contribution in [3.63, 3.8) is 0 Å². The Balaban J connectivity index is 1.60. The van der Waals surface area contributed by atoms with Gasteiger partial charge in [-0.25, -0.2) is 0 Å². The van der Waals surface area contributed by atoms with Crippen molar-refractivity contribution in [2.45, 2.75) is 37.6 Å². The van der Waals surface area contributed by atoms with Gasteiger partial charge >= 0.3 is 0 Å². The Hall–Kier alpha value is -0.380. The molecule has 0 unspecified atom stereocenters. The van der Waals surface area contributed by atoms with Crippen LogP contribution >= 0.6 is 15.9 Å². The van der Waals surface area contributed by atoms with Gasteiger partial charge < -0.3 is 10.1 Å². The molecular weight excluding hydrogens is 290 g/mol. The average molecular weight is 312 g/mol. The molecule has 0 bridgehead atoms. The third-order valence-corrected chi connectivity index (χ3v) is 4.22. The summed E-state index contributed by atoms with van der Waals surface area (Å²) in [7, 11) is 1.77. The van der Waals surface area contributed by atoms with Crippen molar-refractivity contribution in [1.29, 1.82) is 0 Å². The monoisotopic (exact) mass is 311 g/mol. The summed E-state index contributed by atoms with van der Waals surface area (Å²) >= 11 is 3.48. The Morgan fingerprint density at radius 1 is 1.22 bits per heavy atom. The summed E-state index contributed by atoms with van der Waals surface area (Å²) in [5.74, 6) is 0.759. The van der Waals surface area contributed by atoms with Gasteiger partial charge in [-0.2, -0.15) is 0 Å². The molecule has 2 rings (SSSR count). The van der Waals surface area contributed by atoms with Gasteiger partial charge in [0.15, 0.2) is 0 Å². The van der Waals surface area contributed by atoms with E-state index in [2.05, 4.69) is 45.5 Å². The second kappa shape index (κ2) is 7.27. The van der Waals surface area contributed by atoms with Crippen molar-refractivity contribution in [2.75, 3.05) is 20.3 Å². The molecule has 1 saturated carbocycles. The molecule has 0 saturated heterocycles. The van der Waals surface area contributed by atoms with E-state index >= 15 is 0 Å². The molecular formula is C15H22BrNO. The molecule has 0 atom stereocenters. The van der Waals surface area contributed by atoms with E-state index < -0.39 is 0 Å². The maximum absolute atomic E-state index is 5.04. The topological polar surface area (TPSA) is 21.3 Å². The highest BCUT2D eigenvalue weighted by molar-refractivity contribution is 9.10. The molecule has 3 heteroatoms. The highest BCUT2D eigenvalue weighted by atomic mass is 79.9. The van der Waals surface area contributed by atoms with Crippen LogP contribution in [0.4, 0.5) is 0 Å². The fraction of sp³-hybridized carbons (Fsp3) is 0.600. The largest absolute Gasteiger partial charge is 0.385 e. The van der Waals surface area contributed by atoms with Crippen molar-refractivity contribution in [3.8, 4) is 0 Å². The molecule has 0 aliphatic heterocycles. The minimum atomic E-state index is 0.723. The van der Waals surface area contributed by atoms with Crippen LogP contribution in [0.5, 0.6) is 0 Å². The Morgan fingerprint density at radius 3 is 2.61 bits per heavy atom. The lowest BCUT2D eigenvalue weighted by atomic mass is 9.76. The molecule has 0 aromatic heterocycles. The van der Waals surface area contributed by atoms with Crippen LogP contribution in [0.15, 0.2) is 28.7 Å². The molecule has 1 fully saturated rings. The first-order valence-electron chi connectivity index (χ1n) is 6.77. The lowest BCUT2D eigenvalue weighted by Gasteiger charge is -2.36. The van der Waals surface area contributed by atoms with Gasteiger partial charge in [-0.3, -0.25) is 0 Å². The van der Waals surface area contributed by atoms with Gasteiger partial charge in [-0.05, 0) is 55.8 Å². The zero-order chi connectivity index (χ0) is 12.8. The molecule has 2 nitrogen and oxygen atoms in total. The van der Waals surface area contributed by atoms with Crippen LogP contribution in [0.3, 0.4) is 0 Å². The zero-order valence-corrected chi connectivity index (χ0v) is 12.6. The van der Waals surface area contributed by atoms with Crippen LogP contribution in [0.2, 0.25) is 0 Å². The van der Waals surface area contributed by atoms with Gasteiger partial charge in [-0.1, -0.05) is 28.1 Å². The molecule has 18 heavy (non-hydrogen) atoms. The number of ether oxygens (including phenoxy) is 1. The smallest absolute Gasteiger partial charge is 0.0462 e. The van der Waals surface area contributed by atoms with Gasteiger partial charge in [0.25, 0.3) is 0 Å². The van der Waals surface area contributed by atoms with Gasteiger partial charge in [0.1, 0.15) is 0 Å². The number of hydrogen-bond donors (Lipinski definition) is 1. The van der Waals surface area contributed by atoms with Gasteiger partial charge in [0.05, 0.1) is 0 Å². The van der Waals surface area contributed by atoms with E-state index in [0.717, 1.165) is 31.5 Å². The standard InChI is InChI=1S/C15H22BrNO/c1-18-9-3-2-8-17-15-10-13(11-15)12-4-6-14(16)7-5-12/h4-7,13,15,17H,2-3,8-11H2,1H3. The van der Waals surface area contributed by atoms with Crippen LogP contribution in [0.25, 0.3) is 0 Å². The molecule has 1 N–H and O–H groups in total. The summed E-state index contributed by atoms with van der Waals surface area (Å²) < 4.78 is 6.21. The molecule has 0 radical (unpaired) electrons. The van der Waals surface area contributed by atoms with Crippen molar-refractivity contribution in [2.24, 2.45) is 0 Å². The van der Waals surface area contributed by atoms with E-state index in [4.69, 9.17) is 4.74 Å². The number of halogens is 1. The third-order valence-electron chi connectivity index (χ3n) is 3.69. The first-order valence-corrected chi connectivity index (χ1v) is 7.56. The van der Waals surface area contributed by atoms with E-state index in [1.54, 1.807) is 7.11 Å². The van der Waals surface area contributed by atoms with Gasteiger partial charge in [0, 0.05) is 24.2 Å². The van der Waals surface area contributed by atoms with Gasteiger partial charge in [0.2, 0.25) is 0 Å². The predicted octanol–water partition coefficient (Wildman–Crippen LogP) is 3.71. The predicted molar refractivity (Wildman–Crippen MR) is 79.0 cm³/mol. The van der Waals surface area contributed by atoms with Crippen molar-refractivity contribution < 1.29 is 4.74 Å². The second-order valence-corrected chi connectivity index (χ2v) is 5.99. The van der Waals surface area contributed by atoms with E-state index in [0.29, 0.717) is 0 Å². The van der Waals surface area contributed by atoms with E-state index in [9.17, 15) is 0 Å². The van der Waals surface area contributed by atoms with Crippen LogP contribution in [-0.2, 0) is 4.74 Å². The first-order chi connectivity index (χ1) is 8.79. The molecule has 1 aromatic carbocycles. The fourth-order valence-electron chi connectivity index (χ4n) is 2.47. The molecule has 100 valence electrons. The summed E-state index contributed by atoms with van der Waals surface area (Å²) in [4.78, 5) is 0. The summed E-state index contributed by atoms with van der Waals surface area (Å²) in [6.07, 6.45) is 4.94. The molecule has 1 aliphatic rings. The van der Waals surface area contributed by atoms with Crippen LogP contribution in [0.1, 0.15) is 37.2 Å². The maximum atomic E-state index is 5.04. The summed E-state index contributed by atoms with van der Waals surface area (Å²) in [6, 6.07) is 9.48. The van der Waals surface area contributed by atoms with E-state index in [-0.39, 0.29) is 0 Å². The fourth-order valence-corrected chi connectivity index (χ4v) is 2.73. The van der Waals surface area contributed by atoms with Crippen molar-refractivity contribution in [1.82, 2.24) is 5.32 Å². The number of benzene rings is 1. The molecule has 1 aliphatic carbocycles. The number of rotatable bonds is 7. The number of hydrogen-bond acceptors (Lipinski definition) is 2. The molecule has 0 spiro atoms. The zero-order valence-electron chi connectivity index (χ0n) is 11.0. The average Bonchev–Trinajstić information content (AvgIpc) is 2.33. The maximum Gasteiger partial charge on any atom is 0.0462 e. The summed E-state index contributed by atoms with van der Waals surface area (Å²) in [5, 5.41) is 3.62. The van der Waals surface area contributed by atoms with Crippen LogP contribution < -0.4 is 5.32 Å². The quantitative estimate of drug-likeness (QED) is 0.775. The van der Waals surface area contributed by atoms with Crippen molar-refractivity contribution in [3.05, 3.63) is 34.3 Å². The lowest BCUT2D eigenvalue weighted by Crippen LogP contribution is -2.40. The highest BCUT2D eigenvalue weighted by Crippen LogP contribution is 2.37. The Morgan fingerprint density at radius 2 is 1.94 bits per heavy atom. The number of methoxy groups -OCH3 is 1. The first kappa shape index (κ1) is 14.0. The second-order valence-electron chi connectivity index (χ2n) is 5.07. The lowest BCUT2D eigenvalue weighted by molar-refractivity contribution is 0.191. The van der Waals surface area contributed by atoms with E-state index in [1.165, 1.54) is 29.3 Å². The third kappa shape index (κ3) is 4.08. The Kier molecular flexibility index (Phi) is 5.67. The minimum Gasteiger partial charge on any atom is -0.385 e. The minimum absolute atomic E-state index is 0.723. The SMILES string of the molecule is COCCCCNC1CC(c2ccc(Br)cc2)C1. The van der Waals surface area contributed by atoms with E-state index in [1.807, 2.05) is 0 Å². The highest BCUT2D eigenvalue weighted by Gasteiger charge is 2.29. The Bertz CT molecular complexity index is 346. The summed E-state index contributed by atoms with van der Waals surface area (Å²) in [5.41, 5.74) is 1.48. The molecule has 0 amide bonds. The van der Waals surface area contributed by atoms with Gasteiger partial charge in [-0.15, -0.1) is 0 Å². The molecule has 0 heterocycles. The number of nitrogens with one attached hydrogen (secondary N) is 1.